The third-order valence-corrected chi connectivity index (χ3v) is 5.50. The van der Waals surface area contributed by atoms with Crippen LogP contribution in [0.2, 0.25) is 0 Å². The zero-order valence-electron chi connectivity index (χ0n) is 13.5. The zero-order chi connectivity index (χ0) is 13.7. The third kappa shape index (κ3) is 2.35. The van der Waals surface area contributed by atoms with Crippen LogP contribution in [0.15, 0.2) is 0 Å². The largest absolute Gasteiger partial charge is 0.295 e. The minimum absolute atomic E-state index is 0.346. The highest BCUT2D eigenvalue weighted by molar-refractivity contribution is 5.03. The Morgan fingerprint density at radius 3 is 1.89 bits per heavy atom. The number of rotatable bonds is 2. The van der Waals surface area contributed by atoms with Crippen molar-refractivity contribution in [2.45, 2.75) is 72.9 Å². The molecule has 106 valence electrons. The molecule has 0 aromatic carbocycles. The van der Waals surface area contributed by atoms with E-state index in [0.29, 0.717) is 5.54 Å². The van der Waals surface area contributed by atoms with Crippen molar-refractivity contribution in [1.82, 2.24) is 4.90 Å². The van der Waals surface area contributed by atoms with Crippen molar-refractivity contribution in [2.24, 2.45) is 29.6 Å². The minimum atomic E-state index is 0.346. The van der Waals surface area contributed by atoms with Crippen LogP contribution in [-0.2, 0) is 0 Å². The van der Waals surface area contributed by atoms with E-state index in [0.717, 1.165) is 35.6 Å². The van der Waals surface area contributed by atoms with Crippen molar-refractivity contribution in [3.63, 3.8) is 0 Å². The first-order chi connectivity index (χ1) is 8.23. The van der Waals surface area contributed by atoms with Gasteiger partial charge in [-0.1, -0.05) is 27.7 Å². The highest BCUT2D eigenvalue weighted by Gasteiger charge is 2.51. The molecule has 3 fully saturated rings. The molecule has 0 aromatic rings. The van der Waals surface area contributed by atoms with E-state index in [9.17, 15) is 0 Å². The van der Waals surface area contributed by atoms with Gasteiger partial charge < -0.3 is 0 Å². The molecule has 0 N–H and O–H groups in total. The predicted octanol–water partition coefficient (Wildman–Crippen LogP) is 4.42. The van der Waals surface area contributed by atoms with Crippen LogP contribution in [-0.4, -0.2) is 23.0 Å². The lowest BCUT2D eigenvalue weighted by Crippen LogP contribution is -2.64. The van der Waals surface area contributed by atoms with Crippen LogP contribution in [0.3, 0.4) is 0 Å². The smallest absolute Gasteiger partial charge is 0.0134 e. The van der Waals surface area contributed by atoms with Crippen molar-refractivity contribution in [1.29, 1.82) is 0 Å². The van der Waals surface area contributed by atoms with Gasteiger partial charge in [-0.2, -0.15) is 0 Å². The summed E-state index contributed by atoms with van der Waals surface area (Å²) < 4.78 is 0. The van der Waals surface area contributed by atoms with Crippen LogP contribution in [0.5, 0.6) is 0 Å². The van der Waals surface area contributed by atoms with Gasteiger partial charge in [-0.25, -0.2) is 0 Å². The SMILES string of the molecule is CC(C)C1C2CCC(C1C(C)C)N(C(C)(C)C)C2. The Morgan fingerprint density at radius 1 is 0.889 bits per heavy atom. The van der Waals surface area contributed by atoms with Crippen LogP contribution < -0.4 is 0 Å². The molecule has 18 heavy (non-hydrogen) atoms. The Hall–Kier alpha value is -0.0400. The molecule has 3 rings (SSSR count). The van der Waals surface area contributed by atoms with E-state index in [-0.39, 0.29) is 0 Å². The molecule has 2 bridgehead atoms. The van der Waals surface area contributed by atoms with E-state index in [1.165, 1.54) is 19.4 Å². The van der Waals surface area contributed by atoms with E-state index in [2.05, 4.69) is 53.4 Å². The molecule has 1 nitrogen and oxygen atoms in total. The second-order valence-corrected chi connectivity index (χ2v) is 8.37. The van der Waals surface area contributed by atoms with Crippen molar-refractivity contribution in [2.75, 3.05) is 6.54 Å². The molecule has 4 atom stereocenters. The lowest BCUT2D eigenvalue weighted by atomic mass is 9.58. The molecule has 0 radical (unpaired) electrons. The first-order valence-corrected chi connectivity index (χ1v) is 8.00. The maximum atomic E-state index is 2.82. The summed E-state index contributed by atoms with van der Waals surface area (Å²) >= 11 is 0. The summed E-state index contributed by atoms with van der Waals surface area (Å²) in [5.74, 6) is 4.50. The summed E-state index contributed by atoms with van der Waals surface area (Å²) in [6, 6.07) is 0.836. The maximum absolute atomic E-state index is 2.82. The molecule has 2 aliphatic heterocycles. The van der Waals surface area contributed by atoms with Gasteiger partial charge in [0.15, 0.2) is 0 Å². The van der Waals surface area contributed by atoms with E-state index in [1.807, 2.05) is 0 Å². The lowest BCUT2D eigenvalue weighted by molar-refractivity contribution is -0.115. The Bertz CT molecular complexity index is 286. The topological polar surface area (TPSA) is 3.24 Å². The van der Waals surface area contributed by atoms with Gasteiger partial charge in [0.1, 0.15) is 0 Å². The highest BCUT2D eigenvalue weighted by atomic mass is 15.2. The first kappa shape index (κ1) is 14.4. The average Bonchev–Trinajstić information content (AvgIpc) is 2.26. The van der Waals surface area contributed by atoms with Crippen molar-refractivity contribution >= 4 is 0 Å². The maximum Gasteiger partial charge on any atom is 0.0134 e. The third-order valence-electron chi connectivity index (χ3n) is 5.50. The van der Waals surface area contributed by atoms with Gasteiger partial charge in [0.25, 0.3) is 0 Å². The highest BCUT2D eigenvalue weighted by Crippen LogP contribution is 2.50. The molecular weight excluding hydrogens is 218 g/mol. The van der Waals surface area contributed by atoms with Crippen LogP contribution in [0, 0.1) is 29.6 Å². The van der Waals surface area contributed by atoms with Gasteiger partial charge in [-0.15, -0.1) is 0 Å². The quantitative estimate of drug-likeness (QED) is 0.702. The number of hydrogen-bond acceptors (Lipinski definition) is 1. The summed E-state index contributed by atoms with van der Waals surface area (Å²) in [7, 11) is 0. The minimum Gasteiger partial charge on any atom is -0.295 e. The monoisotopic (exact) mass is 251 g/mol. The Balaban J connectivity index is 2.29. The van der Waals surface area contributed by atoms with Crippen LogP contribution in [0.1, 0.15) is 61.3 Å². The van der Waals surface area contributed by atoms with E-state index < -0.39 is 0 Å². The van der Waals surface area contributed by atoms with Gasteiger partial charge in [-0.05, 0) is 63.2 Å². The fourth-order valence-electron chi connectivity index (χ4n) is 4.95. The standard InChI is InChI=1S/C17H33N/c1-11(2)15-13-8-9-14(16(15)12(3)4)18(10-13)17(5,6)7/h11-16H,8-10H2,1-7H3. The summed E-state index contributed by atoms with van der Waals surface area (Å²) in [6.07, 6.45) is 2.91. The second kappa shape index (κ2) is 4.81. The van der Waals surface area contributed by atoms with E-state index >= 15 is 0 Å². The Kier molecular flexibility index (Phi) is 3.84. The molecule has 0 amide bonds. The molecule has 3 aliphatic rings. The average molecular weight is 251 g/mol. The number of nitrogens with zero attached hydrogens (tertiary/aromatic N) is 1. The predicted molar refractivity (Wildman–Crippen MR) is 79.6 cm³/mol. The van der Waals surface area contributed by atoms with Gasteiger partial charge in [0, 0.05) is 18.1 Å². The molecular formula is C17H33N. The van der Waals surface area contributed by atoms with E-state index in [4.69, 9.17) is 0 Å². The molecule has 2 heterocycles. The summed E-state index contributed by atoms with van der Waals surface area (Å²) in [4.78, 5) is 2.82. The number of fused-ring (bicyclic) bond motifs is 3. The van der Waals surface area contributed by atoms with Crippen LogP contribution >= 0.6 is 0 Å². The van der Waals surface area contributed by atoms with Crippen molar-refractivity contribution in [3.05, 3.63) is 0 Å². The molecule has 1 aliphatic carbocycles. The van der Waals surface area contributed by atoms with Gasteiger partial charge in [0.05, 0.1) is 0 Å². The number of piperidine rings is 2. The zero-order valence-corrected chi connectivity index (χ0v) is 13.5. The lowest BCUT2D eigenvalue weighted by Gasteiger charge is -2.60. The van der Waals surface area contributed by atoms with Crippen LogP contribution in [0.25, 0.3) is 0 Å². The molecule has 0 spiro atoms. The molecule has 1 saturated carbocycles. The van der Waals surface area contributed by atoms with E-state index in [1.54, 1.807) is 0 Å². The fourth-order valence-corrected chi connectivity index (χ4v) is 4.95. The fraction of sp³-hybridized carbons (Fsp3) is 1.00. The van der Waals surface area contributed by atoms with Crippen molar-refractivity contribution < 1.29 is 0 Å². The van der Waals surface area contributed by atoms with Crippen LogP contribution in [0.4, 0.5) is 0 Å². The summed E-state index contributed by atoms with van der Waals surface area (Å²) in [6.45, 7) is 18.3. The van der Waals surface area contributed by atoms with Gasteiger partial charge >= 0.3 is 0 Å². The van der Waals surface area contributed by atoms with Crippen molar-refractivity contribution in [3.8, 4) is 0 Å². The second-order valence-electron chi connectivity index (χ2n) is 8.37. The summed E-state index contributed by atoms with van der Waals surface area (Å²) in [5.41, 5.74) is 0.346. The van der Waals surface area contributed by atoms with Gasteiger partial charge in [-0.3, -0.25) is 4.90 Å². The van der Waals surface area contributed by atoms with Gasteiger partial charge in [0.2, 0.25) is 0 Å². The molecule has 2 saturated heterocycles. The Morgan fingerprint density at radius 2 is 1.44 bits per heavy atom. The Labute approximate surface area is 114 Å². The first-order valence-electron chi connectivity index (χ1n) is 8.00. The molecule has 1 heteroatoms. The molecule has 0 aromatic heterocycles. The summed E-state index contributed by atoms with van der Waals surface area (Å²) in [5, 5.41) is 0. The number of hydrogen-bond donors (Lipinski definition) is 0. The normalized spacial score (nSPS) is 37.8. The molecule has 4 unspecified atom stereocenters.